The van der Waals surface area contributed by atoms with Gasteiger partial charge >= 0.3 is 0 Å². The molecule has 5 aliphatic heterocycles. The summed E-state index contributed by atoms with van der Waals surface area (Å²) in [5.41, 5.74) is 2.47. The SMILES string of the molecule is N#Cc1ccc(OC2CCC(NC(=O)c3ccc(N4CCC(CN5CC6(C5)CN(c5ccc7c(c5)C(=O)N(C5CCC(=O)NC5=O)C7=O)C6)CC4)nn3)CC2)cc1Cl. The summed E-state index contributed by atoms with van der Waals surface area (Å²) in [5, 5.41) is 23.5. The van der Waals surface area contributed by atoms with Gasteiger partial charge in [-0.1, -0.05) is 11.6 Å². The van der Waals surface area contributed by atoms with E-state index in [0.717, 1.165) is 101 Å². The zero-order valence-electron chi connectivity index (χ0n) is 32.0. The standard InChI is InChI=1S/C42H44ClN9O6/c43-33-18-30(5-1-26(33)19-44)58-29-6-2-27(3-7-29)45-38(54)34-9-11-36(48-47-34)50-15-13-25(14-16-50)20-49-21-42(22-49)23-51(24-42)28-4-8-31-32(17-28)41(57)52(40(31)56)35-10-12-37(53)46-39(35)55/h1,4-5,8-9,11,17-18,25,27,29,35H,2-3,6-7,10,12-16,20-24H2,(H,45,54)(H,46,53,55). The highest BCUT2D eigenvalue weighted by molar-refractivity contribution is 6.31. The number of hydrogen-bond donors (Lipinski definition) is 2. The molecule has 1 spiro atoms. The Morgan fingerprint density at radius 2 is 1.64 bits per heavy atom. The van der Waals surface area contributed by atoms with Crippen LogP contribution in [0.1, 0.15) is 88.1 Å². The van der Waals surface area contributed by atoms with Crippen molar-refractivity contribution in [1.29, 1.82) is 5.26 Å². The highest BCUT2D eigenvalue weighted by Crippen LogP contribution is 2.43. The van der Waals surface area contributed by atoms with Gasteiger partial charge in [-0.25, -0.2) is 0 Å². The van der Waals surface area contributed by atoms with Crippen molar-refractivity contribution in [3.05, 3.63) is 75.9 Å². The number of amides is 5. The molecule has 0 radical (unpaired) electrons. The lowest BCUT2D eigenvalue weighted by Gasteiger charge is -2.61. The second-order valence-corrected chi connectivity index (χ2v) is 17.1. The highest BCUT2D eigenvalue weighted by atomic mass is 35.5. The van der Waals surface area contributed by atoms with E-state index in [-0.39, 0.29) is 36.3 Å². The largest absolute Gasteiger partial charge is 0.490 e. The summed E-state index contributed by atoms with van der Waals surface area (Å²) in [5.74, 6) is -0.164. The zero-order valence-corrected chi connectivity index (χ0v) is 32.7. The molecule has 1 aliphatic carbocycles. The molecular weight excluding hydrogens is 762 g/mol. The van der Waals surface area contributed by atoms with Crippen LogP contribution in [0.2, 0.25) is 5.02 Å². The zero-order chi connectivity index (χ0) is 40.1. The lowest BCUT2D eigenvalue weighted by Crippen LogP contribution is -2.72. The van der Waals surface area contributed by atoms with Gasteiger partial charge in [0, 0.05) is 75.4 Å². The number of halogens is 1. The highest BCUT2D eigenvalue weighted by Gasteiger charge is 2.52. The Morgan fingerprint density at radius 1 is 0.879 bits per heavy atom. The van der Waals surface area contributed by atoms with Crippen molar-refractivity contribution in [2.45, 2.75) is 69.6 Å². The average molecular weight is 806 g/mol. The Kier molecular flexibility index (Phi) is 10.0. The number of ether oxygens (including phenoxy) is 1. The second kappa shape index (κ2) is 15.3. The number of aromatic nitrogens is 2. The smallest absolute Gasteiger partial charge is 0.272 e. The molecule has 16 heteroatoms. The fourth-order valence-corrected chi connectivity index (χ4v) is 9.81. The van der Waals surface area contributed by atoms with Gasteiger partial charge in [0.25, 0.3) is 17.7 Å². The normalized spacial score (nSPS) is 24.5. The summed E-state index contributed by atoms with van der Waals surface area (Å²) in [6.07, 6.45) is 5.53. The van der Waals surface area contributed by atoms with Crippen LogP contribution in [-0.4, -0.2) is 114 Å². The van der Waals surface area contributed by atoms with Crippen LogP contribution < -0.4 is 25.2 Å². The number of imide groups is 2. The third-order valence-corrected chi connectivity index (χ3v) is 13.0. The predicted octanol–water partition coefficient (Wildman–Crippen LogP) is 3.56. The van der Waals surface area contributed by atoms with Crippen molar-refractivity contribution in [2.75, 3.05) is 55.6 Å². The van der Waals surface area contributed by atoms with Gasteiger partial charge in [-0.15, -0.1) is 10.2 Å². The number of rotatable bonds is 9. The number of nitrogens with zero attached hydrogens (tertiary/aromatic N) is 7. The molecule has 4 saturated heterocycles. The molecule has 1 unspecified atom stereocenters. The van der Waals surface area contributed by atoms with Crippen molar-refractivity contribution in [2.24, 2.45) is 11.3 Å². The average Bonchev–Trinajstić information content (AvgIpc) is 3.44. The van der Waals surface area contributed by atoms with E-state index in [4.69, 9.17) is 21.6 Å². The van der Waals surface area contributed by atoms with Gasteiger partial charge in [0.05, 0.1) is 27.8 Å². The Morgan fingerprint density at radius 3 is 2.33 bits per heavy atom. The molecule has 15 nitrogen and oxygen atoms in total. The van der Waals surface area contributed by atoms with Crippen LogP contribution >= 0.6 is 11.6 Å². The monoisotopic (exact) mass is 805 g/mol. The van der Waals surface area contributed by atoms with Crippen LogP contribution in [0.25, 0.3) is 0 Å². The lowest BCUT2D eigenvalue weighted by molar-refractivity contribution is -0.136. The topological polar surface area (TPSA) is 181 Å². The number of nitriles is 1. The van der Waals surface area contributed by atoms with Gasteiger partial charge in [0.1, 0.15) is 17.9 Å². The van der Waals surface area contributed by atoms with E-state index in [1.165, 1.54) is 0 Å². The maximum Gasteiger partial charge on any atom is 0.272 e. The number of nitrogens with one attached hydrogen (secondary N) is 2. The lowest BCUT2D eigenvalue weighted by atomic mass is 9.72. The van der Waals surface area contributed by atoms with E-state index in [2.05, 4.69) is 41.6 Å². The van der Waals surface area contributed by atoms with Crippen molar-refractivity contribution in [3.8, 4) is 11.8 Å². The molecule has 300 valence electrons. The van der Waals surface area contributed by atoms with Crippen LogP contribution in [0.15, 0.2) is 48.5 Å². The number of likely N-dealkylation sites (tertiary alicyclic amines) is 1. The molecule has 2 N–H and O–H groups in total. The van der Waals surface area contributed by atoms with Gasteiger partial charge in [-0.3, -0.25) is 34.2 Å². The number of piperidine rings is 2. The van der Waals surface area contributed by atoms with Gasteiger partial charge in [0.2, 0.25) is 11.8 Å². The Labute approximate surface area is 340 Å². The van der Waals surface area contributed by atoms with E-state index in [1.807, 2.05) is 12.1 Å². The van der Waals surface area contributed by atoms with Gasteiger partial charge in [0.15, 0.2) is 11.5 Å². The third kappa shape index (κ3) is 7.35. The van der Waals surface area contributed by atoms with Crippen molar-refractivity contribution in [3.63, 3.8) is 0 Å². The van der Waals surface area contributed by atoms with Gasteiger partial charge in [-0.05, 0) is 93.3 Å². The summed E-state index contributed by atoms with van der Waals surface area (Å²) < 4.78 is 6.08. The maximum atomic E-state index is 13.3. The van der Waals surface area contributed by atoms with E-state index >= 15 is 0 Å². The van der Waals surface area contributed by atoms with Crippen LogP contribution in [0, 0.1) is 22.7 Å². The number of benzene rings is 2. The van der Waals surface area contributed by atoms with E-state index < -0.39 is 29.7 Å². The molecule has 58 heavy (non-hydrogen) atoms. The molecule has 3 aromatic rings. The molecule has 1 atom stereocenters. The minimum Gasteiger partial charge on any atom is -0.490 e. The van der Waals surface area contributed by atoms with E-state index in [0.29, 0.717) is 39.1 Å². The molecular formula is C42H44ClN9O6. The Hall–Kier alpha value is -5.59. The van der Waals surface area contributed by atoms with Gasteiger partial charge in [-0.2, -0.15) is 5.26 Å². The van der Waals surface area contributed by atoms with E-state index in [9.17, 15) is 24.0 Å². The number of carbonyl (C=O) groups excluding carboxylic acids is 5. The quantitative estimate of drug-likeness (QED) is 0.301. The van der Waals surface area contributed by atoms with Crippen molar-refractivity contribution >= 4 is 52.6 Å². The Bertz CT molecular complexity index is 2200. The summed E-state index contributed by atoms with van der Waals surface area (Å²) in [6.45, 7) is 6.68. The third-order valence-electron chi connectivity index (χ3n) is 12.7. The minimum absolute atomic E-state index is 0.0223. The van der Waals surface area contributed by atoms with Crippen LogP contribution in [0.5, 0.6) is 5.75 Å². The molecule has 6 heterocycles. The first-order chi connectivity index (χ1) is 28.0. The first-order valence-electron chi connectivity index (χ1n) is 20.1. The van der Waals surface area contributed by atoms with Crippen LogP contribution in [-0.2, 0) is 9.59 Å². The van der Waals surface area contributed by atoms with E-state index in [1.54, 1.807) is 36.4 Å². The first kappa shape index (κ1) is 38.0. The minimum atomic E-state index is -0.969. The van der Waals surface area contributed by atoms with Gasteiger partial charge < -0.3 is 24.8 Å². The summed E-state index contributed by atoms with van der Waals surface area (Å²) in [4.78, 5) is 71.4. The first-order valence-corrected chi connectivity index (χ1v) is 20.5. The number of hydrogen-bond acceptors (Lipinski definition) is 12. The van der Waals surface area contributed by atoms with Crippen LogP contribution in [0.4, 0.5) is 11.5 Å². The molecule has 1 saturated carbocycles. The molecule has 5 amide bonds. The fourth-order valence-electron chi connectivity index (χ4n) is 9.59. The number of carbonyl (C=O) groups is 5. The molecule has 9 rings (SSSR count). The summed E-state index contributed by atoms with van der Waals surface area (Å²) in [7, 11) is 0. The number of fused-ring (bicyclic) bond motifs is 1. The molecule has 0 bridgehead atoms. The fraction of sp³-hybridized carbons (Fsp3) is 0.476. The second-order valence-electron chi connectivity index (χ2n) is 16.7. The molecule has 2 aromatic carbocycles. The maximum absolute atomic E-state index is 13.3. The predicted molar refractivity (Wildman–Crippen MR) is 211 cm³/mol. The molecule has 5 fully saturated rings. The van der Waals surface area contributed by atoms with Crippen LogP contribution in [0.3, 0.4) is 0 Å². The molecule has 6 aliphatic rings. The van der Waals surface area contributed by atoms with Crippen molar-refractivity contribution in [1.82, 2.24) is 30.6 Å². The summed E-state index contributed by atoms with van der Waals surface area (Å²) in [6, 6.07) is 15.2. The molecule has 1 aromatic heterocycles. The number of anilines is 2. The Balaban J connectivity index is 0.685. The van der Waals surface area contributed by atoms with Crippen molar-refractivity contribution < 1.29 is 28.7 Å². The summed E-state index contributed by atoms with van der Waals surface area (Å²) >= 11 is 6.15.